The van der Waals surface area contributed by atoms with E-state index >= 15 is 0 Å². The summed E-state index contributed by atoms with van der Waals surface area (Å²) in [6.45, 7) is 2.61. The maximum atomic E-state index is 13.0. The van der Waals surface area contributed by atoms with Crippen molar-refractivity contribution in [2.24, 2.45) is 7.05 Å². The zero-order valence-electron chi connectivity index (χ0n) is 17.5. The third kappa shape index (κ3) is 3.95. The van der Waals surface area contributed by atoms with Gasteiger partial charge < -0.3 is 15.1 Å². The fourth-order valence-corrected chi connectivity index (χ4v) is 5.07. The van der Waals surface area contributed by atoms with Crippen molar-refractivity contribution in [1.29, 1.82) is 0 Å². The molecule has 4 rings (SSSR count). The van der Waals surface area contributed by atoms with E-state index in [0.717, 1.165) is 28.7 Å². The van der Waals surface area contributed by atoms with Crippen molar-refractivity contribution >= 4 is 33.4 Å². The molecule has 1 N–H and O–H groups in total. The molecule has 8 nitrogen and oxygen atoms in total. The maximum absolute atomic E-state index is 13.0. The molecule has 1 aliphatic heterocycles. The predicted octanol–water partition coefficient (Wildman–Crippen LogP) is 1.95. The molecule has 2 amide bonds. The number of carbonyl (C=O) groups is 2. The van der Waals surface area contributed by atoms with Crippen molar-refractivity contribution in [2.45, 2.75) is 12.3 Å². The van der Waals surface area contributed by atoms with E-state index in [0.29, 0.717) is 30.2 Å². The van der Waals surface area contributed by atoms with Crippen molar-refractivity contribution in [3.05, 3.63) is 46.7 Å². The average molecular weight is 427 g/mol. The lowest BCUT2D eigenvalue weighted by Crippen LogP contribution is -2.32. The summed E-state index contributed by atoms with van der Waals surface area (Å²) in [6, 6.07) is 5.67. The predicted molar refractivity (Wildman–Crippen MR) is 117 cm³/mol. The van der Waals surface area contributed by atoms with Gasteiger partial charge in [-0.1, -0.05) is 6.07 Å². The number of rotatable bonds is 6. The summed E-state index contributed by atoms with van der Waals surface area (Å²) in [7, 11) is 5.73. The van der Waals surface area contributed by atoms with Gasteiger partial charge in [0.2, 0.25) is 0 Å². The van der Waals surface area contributed by atoms with Gasteiger partial charge >= 0.3 is 0 Å². The Morgan fingerprint density at radius 2 is 2.13 bits per heavy atom. The number of aromatic nitrogens is 3. The number of aryl methyl sites for hydroxylation is 1. The number of carbonyl (C=O) groups excluding carboxylic acids is 2. The van der Waals surface area contributed by atoms with E-state index in [1.54, 1.807) is 30.2 Å². The Hall–Kier alpha value is -2.78. The van der Waals surface area contributed by atoms with Crippen molar-refractivity contribution in [3.63, 3.8) is 0 Å². The fraction of sp³-hybridized carbons (Fsp3) is 0.429. The highest BCUT2D eigenvalue weighted by atomic mass is 32.1. The van der Waals surface area contributed by atoms with Gasteiger partial charge in [-0.2, -0.15) is 5.10 Å². The third-order valence-electron chi connectivity index (χ3n) is 5.48. The zero-order chi connectivity index (χ0) is 21.3. The Labute approximate surface area is 179 Å². The number of likely N-dealkylation sites (tertiary alicyclic amines) is 1. The first kappa shape index (κ1) is 20.5. The molecule has 0 bridgehead atoms. The van der Waals surface area contributed by atoms with E-state index in [1.165, 1.54) is 11.3 Å². The molecule has 0 aliphatic carbocycles. The normalized spacial score (nSPS) is 16.5. The topological polar surface area (TPSA) is 83.4 Å². The van der Waals surface area contributed by atoms with E-state index in [2.05, 4.69) is 15.4 Å². The van der Waals surface area contributed by atoms with Crippen LogP contribution in [0.3, 0.4) is 0 Å². The summed E-state index contributed by atoms with van der Waals surface area (Å²) < 4.78 is 1.60. The quantitative estimate of drug-likeness (QED) is 0.651. The molecule has 158 valence electrons. The molecule has 0 radical (unpaired) electrons. The van der Waals surface area contributed by atoms with Crippen LogP contribution in [0.15, 0.2) is 30.6 Å². The van der Waals surface area contributed by atoms with E-state index in [4.69, 9.17) is 0 Å². The largest absolute Gasteiger partial charge is 0.350 e. The molecule has 4 heterocycles. The van der Waals surface area contributed by atoms with Gasteiger partial charge in [0.15, 0.2) is 0 Å². The molecule has 1 aliphatic rings. The molecule has 1 atom stereocenters. The van der Waals surface area contributed by atoms with Crippen molar-refractivity contribution < 1.29 is 9.59 Å². The van der Waals surface area contributed by atoms with Gasteiger partial charge in [0.25, 0.3) is 11.8 Å². The lowest BCUT2D eigenvalue weighted by atomic mass is 9.95. The Morgan fingerprint density at radius 1 is 1.30 bits per heavy atom. The summed E-state index contributed by atoms with van der Waals surface area (Å²) in [5.74, 6) is 0.0214. The highest BCUT2D eigenvalue weighted by molar-refractivity contribution is 7.20. The number of hydrogen-bond acceptors (Lipinski definition) is 6. The molecular weight excluding hydrogens is 400 g/mol. The van der Waals surface area contributed by atoms with Gasteiger partial charge in [-0.3, -0.25) is 14.3 Å². The van der Waals surface area contributed by atoms with Crippen LogP contribution in [0.2, 0.25) is 0 Å². The molecule has 9 heteroatoms. The minimum absolute atomic E-state index is 0.0212. The van der Waals surface area contributed by atoms with Gasteiger partial charge in [0.1, 0.15) is 10.5 Å². The van der Waals surface area contributed by atoms with Crippen LogP contribution in [0.25, 0.3) is 10.2 Å². The Bertz CT molecular complexity index is 1070. The van der Waals surface area contributed by atoms with Crippen LogP contribution in [0.5, 0.6) is 0 Å². The number of nitrogens with zero attached hydrogens (tertiary/aromatic N) is 5. The highest BCUT2D eigenvalue weighted by Gasteiger charge is 2.33. The molecule has 0 saturated carbocycles. The first-order valence-electron chi connectivity index (χ1n) is 10.0. The number of pyridine rings is 1. The van der Waals surface area contributed by atoms with Crippen LogP contribution in [-0.2, 0) is 7.05 Å². The zero-order valence-corrected chi connectivity index (χ0v) is 18.3. The lowest BCUT2D eigenvalue weighted by Gasteiger charge is -2.17. The SMILES string of the molecule is CN(C)CCNC(=O)c1sc2ncccc2c1[C@H]1CCN(C(=O)c2ccnn2C)C1. The average Bonchev–Trinajstić information content (AvgIpc) is 3.44. The molecule has 3 aromatic rings. The molecular formula is C21H26N6O2S. The Kier molecular flexibility index (Phi) is 5.83. The molecule has 1 saturated heterocycles. The summed E-state index contributed by atoms with van der Waals surface area (Å²) >= 11 is 1.43. The molecule has 0 spiro atoms. The van der Waals surface area contributed by atoms with Crippen LogP contribution in [0.4, 0.5) is 0 Å². The highest BCUT2D eigenvalue weighted by Crippen LogP contribution is 2.39. The summed E-state index contributed by atoms with van der Waals surface area (Å²) in [4.78, 5) is 35.8. The molecule has 0 aromatic carbocycles. The number of amides is 2. The molecule has 3 aromatic heterocycles. The van der Waals surface area contributed by atoms with Crippen LogP contribution < -0.4 is 5.32 Å². The minimum atomic E-state index is -0.0636. The van der Waals surface area contributed by atoms with E-state index in [-0.39, 0.29) is 17.7 Å². The second kappa shape index (κ2) is 8.53. The number of likely N-dealkylation sites (N-methyl/N-ethyl adjacent to an activating group) is 1. The Morgan fingerprint density at radius 3 is 2.87 bits per heavy atom. The van der Waals surface area contributed by atoms with Crippen molar-refractivity contribution in [1.82, 2.24) is 29.9 Å². The van der Waals surface area contributed by atoms with Crippen LogP contribution in [-0.4, -0.2) is 76.7 Å². The van der Waals surface area contributed by atoms with Gasteiger partial charge in [-0.25, -0.2) is 4.98 Å². The second-order valence-electron chi connectivity index (χ2n) is 7.84. The number of thiophene rings is 1. The number of nitrogens with one attached hydrogen (secondary N) is 1. The van der Waals surface area contributed by atoms with Crippen molar-refractivity contribution in [3.8, 4) is 0 Å². The summed E-state index contributed by atoms with van der Waals surface area (Å²) in [5, 5.41) is 8.15. The first-order valence-corrected chi connectivity index (χ1v) is 10.8. The smallest absolute Gasteiger partial charge is 0.272 e. The van der Waals surface area contributed by atoms with E-state index in [1.807, 2.05) is 36.0 Å². The van der Waals surface area contributed by atoms with Crippen LogP contribution in [0.1, 0.15) is 38.1 Å². The first-order chi connectivity index (χ1) is 14.5. The van der Waals surface area contributed by atoms with Gasteiger partial charge in [-0.15, -0.1) is 11.3 Å². The second-order valence-corrected chi connectivity index (χ2v) is 8.84. The monoisotopic (exact) mass is 426 g/mol. The Balaban J connectivity index is 1.59. The molecule has 1 fully saturated rings. The summed E-state index contributed by atoms with van der Waals surface area (Å²) in [5.41, 5.74) is 1.60. The van der Waals surface area contributed by atoms with Crippen LogP contribution >= 0.6 is 11.3 Å². The van der Waals surface area contributed by atoms with E-state index < -0.39 is 0 Å². The lowest BCUT2D eigenvalue weighted by molar-refractivity contribution is 0.0780. The summed E-state index contributed by atoms with van der Waals surface area (Å²) in [6.07, 6.45) is 4.21. The van der Waals surface area contributed by atoms with Crippen LogP contribution in [0, 0.1) is 0 Å². The van der Waals surface area contributed by atoms with Gasteiger partial charge in [-0.05, 0) is 38.2 Å². The van der Waals surface area contributed by atoms with Gasteiger partial charge in [0.05, 0.1) is 4.88 Å². The fourth-order valence-electron chi connectivity index (χ4n) is 3.92. The minimum Gasteiger partial charge on any atom is -0.350 e. The molecule has 30 heavy (non-hydrogen) atoms. The van der Waals surface area contributed by atoms with Crippen molar-refractivity contribution in [2.75, 3.05) is 40.3 Å². The van der Waals surface area contributed by atoms with Gasteiger partial charge in [0, 0.05) is 56.9 Å². The number of fused-ring (bicyclic) bond motifs is 1. The molecule has 0 unspecified atom stereocenters. The number of hydrogen-bond donors (Lipinski definition) is 1. The maximum Gasteiger partial charge on any atom is 0.272 e. The third-order valence-corrected chi connectivity index (χ3v) is 6.61. The van der Waals surface area contributed by atoms with E-state index in [9.17, 15) is 9.59 Å². The standard InChI is InChI=1S/C21H26N6O2S/c1-25(2)12-10-22-19(28)18-17(15-5-4-8-23-20(15)30-18)14-7-11-27(13-14)21(29)16-6-9-24-26(16)3/h4-6,8-9,14H,7,10-13H2,1-3H3,(H,22,28)/t14-/m0/s1.